The minimum atomic E-state index is -0.661. The summed E-state index contributed by atoms with van der Waals surface area (Å²) in [6.07, 6.45) is 0.187. The molecule has 1 unspecified atom stereocenters. The molecule has 0 aliphatic carbocycles. The molecule has 0 aliphatic heterocycles. The molecule has 0 saturated carbocycles. The van der Waals surface area contributed by atoms with Gasteiger partial charge in [-0.05, 0) is 25.0 Å². The van der Waals surface area contributed by atoms with E-state index in [0.717, 1.165) is 16.7 Å². The number of carbonyl (C=O) groups is 2. The molecule has 0 saturated heterocycles. The summed E-state index contributed by atoms with van der Waals surface area (Å²) in [5.41, 5.74) is 2.49. The first-order valence-electron chi connectivity index (χ1n) is 5.26. The van der Waals surface area contributed by atoms with Crippen LogP contribution in [0.15, 0.2) is 18.2 Å². The van der Waals surface area contributed by atoms with Gasteiger partial charge < -0.3 is 4.74 Å². The van der Waals surface area contributed by atoms with Gasteiger partial charge in [0.15, 0.2) is 5.78 Å². The number of Topliss-reactive ketones (excluding diaryl/α,β-unsaturated/α-hetero) is 1. The van der Waals surface area contributed by atoms with Crippen LogP contribution in [0.3, 0.4) is 0 Å². The van der Waals surface area contributed by atoms with Crippen LogP contribution in [-0.4, -0.2) is 18.9 Å². The number of aryl methyl sites for hydroxylation is 1. The average Bonchev–Trinajstić information content (AvgIpc) is 2.26. The first-order chi connectivity index (χ1) is 7.93. The molecule has 92 valence electrons. The molecule has 1 aromatic carbocycles. The maximum atomic E-state index is 11.2. The number of ether oxygens (including phenoxy) is 1. The van der Waals surface area contributed by atoms with Crippen LogP contribution in [0.5, 0.6) is 0 Å². The Hall–Kier alpha value is -1.35. The quantitative estimate of drug-likeness (QED) is 0.613. The van der Waals surface area contributed by atoms with Crippen molar-refractivity contribution in [2.45, 2.75) is 25.6 Å². The van der Waals surface area contributed by atoms with Gasteiger partial charge in [-0.3, -0.25) is 9.59 Å². The van der Waals surface area contributed by atoms with Crippen molar-refractivity contribution in [3.63, 3.8) is 0 Å². The van der Waals surface area contributed by atoms with Crippen molar-refractivity contribution in [2.75, 3.05) is 7.11 Å². The second-order valence-electron chi connectivity index (χ2n) is 3.98. The predicted octanol–water partition coefficient (Wildman–Crippen LogP) is 2.58. The largest absolute Gasteiger partial charge is 0.469 e. The molecule has 0 aromatic heterocycles. The summed E-state index contributed by atoms with van der Waals surface area (Å²) >= 11 is 5.99. The molecule has 0 fully saturated rings. The number of alkyl halides is 1. The highest BCUT2D eigenvalue weighted by Gasteiger charge is 2.15. The molecule has 0 N–H and O–H groups in total. The van der Waals surface area contributed by atoms with Crippen LogP contribution in [0.25, 0.3) is 0 Å². The monoisotopic (exact) mass is 254 g/mol. The van der Waals surface area contributed by atoms with Crippen LogP contribution >= 0.6 is 11.6 Å². The molecule has 4 heteroatoms. The van der Waals surface area contributed by atoms with E-state index in [9.17, 15) is 9.59 Å². The molecule has 0 radical (unpaired) electrons. The average molecular weight is 255 g/mol. The lowest BCUT2D eigenvalue weighted by Gasteiger charge is -2.10. The Morgan fingerprint density at radius 2 is 2.00 bits per heavy atom. The number of ketones is 1. The molecule has 0 heterocycles. The van der Waals surface area contributed by atoms with Crippen LogP contribution in [-0.2, 0) is 20.7 Å². The van der Waals surface area contributed by atoms with E-state index >= 15 is 0 Å². The SMILES string of the molecule is COC(=O)Cc1cc(C)cc(C(Cl)C(C)=O)c1. The number of esters is 1. The van der Waals surface area contributed by atoms with Crippen molar-refractivity contribution in [1.82, 2.24) is 0 Å². The molecule has 0 amide bonds. The lowest BCUT2D eigenvalue weighted by Crippen LogP contribution is -2.07. The second-order valence-corrected chi connectivity index (χ2v) is 4.41. The number of benzene rings is 1. The van der Waals surface area contributed by atoms with Gasteiger partial charge in [-0.15, -0.1) is 11.6 Å². The fraction of sp³-hybridized carbons (Fsp3) is 0.385. The van der Waals surface area contributed by atoms with E-state index < -0.39 is 5.38 Å². The molecule has 0 aliphatic rings. The number of carbonyl (C=O) groups excluding carboxylic acids is 2. The van der Waals surface area contributed by atoms with Crippen molar-refractivity contribution in [3.05, 3.63) is 34.9 Å². The van der Waals surface area contributed by atoms with Gasteiger partial charge in [-0.2, -0.15) is 0 Å². The number of methoxy groups -OCH3 is 1. The Bertz CT molecular complexity index is 440. The van der Waals surface area contributed by atoms with E-state index in [0.29, 0.717) is 0 Å². The summed E-state index contributed by atoms with van der Waals surface area (Å²) in [7, 11) is 1.35. The fourth-order valence-electron chi connectivity index (χ4n) is 1.62. The summed E-state index contributed by atoms with van der Waals surface area (Å²) in [4.78, 5) is 22.4. The molecular weight excluding hydrogens is 240 g/mol. The van der Waals surface area contributed by atoms with Gasteiger partial charge >= 0.3 is 5.97 Å². The zero-order valence-corrected chi connectivity index (χ0v) is 10.9. The number of rotatable bonds is 4. The number of hydrogen-bond donors (Lipinski definition) is 0. The van der Waals surface area contributed by atoms with E-state index in [4.69, 9.17) is 11.6 Å². The maximum absolute atomic E-state index is 11.2. The highest BCUT2D eigenvalue weighted by Crippen LogP contribution is 2.24. The maximum Gasteiger partial charge on any atom is 0.309 e. The molecule has 0 spiro atoms. The van der Waals surface area contributed by atoms with Gasteiger partial charge in [0, 0.05) is 0 Å². The van der Waals surface area contributed by atoms with Gasteiger partial charge in [0.1, 0.15) is 5.38 Å². The smallest absolute Gasteiger partial charge is 0.309 e. The summed E-state index contributed by atoms with van der Waals surface area (Å²) in [6, 6.07) is 5.49. The Labute approximate surface area is 106 Å². The number of halogens is 1. The molecular formula is C13H15ClO3. The van der Waals surface area contributed by atoms with Crippen LogP contribution in [0.1, 0.15) is 29.0 Å². The highest BCUT2D eigenvalue weighted by atomic mass is 35.5. The molecule has 1 atom stereocenters. The van der Waals surface area contributed by atoms with Crippen molar-refractivity contribution in [2.24, 2.45) is 0 Å². The Kier molecular flexibility index (Phi) is 4.70. The number of hydrogen-bond acceptors (Lipinski definition) is 3. The van der Waals surface area contributed by atoms with E-state index in [1.807, 2.05) is 19.1 Å². The molecule has 17 heavy (non-hydrogen) atoms. The standard InChI is InChI=1S/C13H15ClO3/c1-8-4-10(7-12(16)17-3)6-11(5-8)13(14)9(2)15/h4-6,13H,7H2,1-3H3. The zero-order valence-electron chi connectivity index (χ0n) is 10.1. The predicted molar refractivity (Wildman–Crippen MR) is 66.2 cm³/mol. The first kappa shape index (κ1) is 13.7. The topological polar surface area (TPSA) is 43.4 Å². The summed E-state index contributed by atoms with van der Waals surface area (Å²) in [5.74, 6) is -0.420. The van der Waals surface area contributed by atoms with Gasteiger partial charge in [0.05, 0.1) is 13.5 Å². The minimum Gasteiger partial charge on any atom is -0.469 e. The second kappa shape index (κ2) is 5.82. The van der Waals surface area contributed by atoms with Gasteiger partial charge in [-0.1, -0.05) is 23.8 Å². The third-order valence-corrected chi connectivity index (χ3v) is 2.94. The van der Waals surface area contributed by atoms with Gasteiger partial charge in [0.25, 0.3) is 0 Å². The van der Waals surface area contributed by atoms with Gasteiger partial charge in [-0.25, -0.2) is 0 Å². The lowest BCUT2D eigenvalue weighted by atomic mass is 10.0. The van der Waals surface area contributed by atoms with Crippen LogP contribution < -0.4 is 0 Å². The molecule has 3 nitrogen and oxygen atoms in total. The highest BCUT2D eigenvalue weighted by molar-refractivity contribution is 6.30. The summed E-state index contributed by atoms with van der Waals surface area (Å²) in [6.45, 7) is 3.34. The van der Waals surface area contributed by atoms with E-state index in [1.54, 1.807) is 6.07 Å². The van der Waals surface area contributed by atoms with Crippen molar-refractivity contribution < 1.29 is 14.3 Å². The molecule has 0 bridgehead atoms. The zero-order chi connectivity index (χ0) is 13.0. The van der Waals surface area contributed by atoms with Crippen molar-refractivity contribution in [3.8, 4) is 0 Å². The summed E-state index contributed by atoms with van der Waals surface area (Å²) < 4.78 is 4.60. The Morgan fingerprint density at radius 1 is 1.35 bits per heavy atom. The van der Waals surface area contributed by atoms with E-state index in [1.165, 1.54) is 14.0 Å². The van der Waals surface area contributed by atoms with E-state index in [-0.39, 0.29) is 18.2 Å². The van der Waals surface area contributed by atoms with Crippen LogP contribution in [0, 0.1) is 6.92 Å². The van der Waals surface area contributed by atoms with E-state index in [2.05, 4.69) is 4.74 Å². The van der Waals surface area contributed by atoms with Crippen molar-refractivity contribution in [1.29, 1.82) is 0 Å². The summed E-state index contributed by atoms with van der Waals surface area (Å²) in [5, 5.41) is -0.661. The molecule has 1 aromatic rings. The van der Waals surface area contributed by atoms with Gasteiger partial charge in [0.2, 0.25) is 0 Å². The fourth-order valence-corrected chi connectivity index (χ4v) is 1.74. The van der Waals surface area contributed by atoms with Crippen LogP contribution in [0.2, 0.25) is 0 Å². The van der Waals surface area contributed by atoms with Crippen molar-refractivity contribution >= 4 is 23.4 Å². The van der Waals surface area contributed by atoms with Crippen LogP contribution in [0.4, 0.5) is 0 Å². The normalized spacial score (nSPS) is 12.0. The minimum absolute atomic E-state index is 0.110. The third kappa shape index (κ3) is 3.86. The third-order valence-electron chi connectivity index (χ3n) is 2.39. The first-order valence-corrected chi connectivity index (χ1v) is 5.69. The lowest BCUT2D eigenvalue weighted by molar-refractivity contribution is -0.139. The molecule has 1 rings (SSSR count). The Morgan fingerprint density at radius 3 is 2.53 bits per heavy atom. The Balaban J connectivity index is 3.01.